The molecule has 0 aliphatic carbocycles. The number of Topliss-reactive ketones (excluding diaryl/α,β-unsaturated/α-hetero) is 1. The van der Waals surface area contributed by atoms with Crippen molar-refractivity contribution in [1.82, 2.24) is 5.06 Å². The second kappa shape index (κ2) is 3.83. The van der Waals surface area contributed by atoms with Gasteiger partial charge in [-0.15, -0.1) is 0 Å². The number of piperidine rings is 1. The van der Waals surface area contributed by atoms with Gasteiger partial charge in [0.1, 0.15) is 5.78 Å². The fourth-order valence-corrected chi connectivity index (χ4v) is 1.36. The molecule has 1 heterocycles. The first-order valence-corrected chi connectivity index (χ1v) is 3.89. The van der Waals surface area contributed by atoms with Gasteiger partial charge in [0.05, 0.1) is 7.11 Å². The molecule has 3 heteroatoms. The van der Waals surface area contributed by atoms with Gasteiger partial charge in [0, 0.05) is 25.9 Å². The Labute approximate surface area is 67.3 Å². The molecule has 1 aliphatic rings. The summed E-state index contributed by atoms with van der Waals surface area (Å²) in [6.07, 6.45) is 1.77. The van der Waals surface area contributed by atoms with Crippen molar-refractivity contribution in [3.63, 3.8) is 0 Å². The average molecular weight is 156 g/mol. The van der Waals surface area contributed by atoms with Crippen LogP contribution in [0, 0.1) is 12.8 Å². The van der Waals surface area contributed by atoms with Gasteiger partial charge < -0.3 is 4.84 Å². The molecule has 0 aromatic rings. The fraction of sp³-hybridized carbons (Fsp3) is 0.750. The number of ketones is 1. The Hall–Kier alpha value is -0.410. The van der Waals surface area contributed by atoms with Crippen LogP contribution in [0.2, 0.25) is 0 Å². The number of carbonyl (C=O) groups is 1. The second-order valence-electron chi connectivity index (χ2n) is 2.85. The number of hydrogen-bond donors (Lipinski definition) is 0. The van der Waals surface area contributed by atoms with Gasteiger partial charge in [0.25, 0.3) is 0 Å². The lowest BCUT2D eigenvalue weighted by Crippen LogP contribution is -2.34. The first kappa shape index (κ1) is 8.68. The Bertz CT molecular complexity index is 139. The van der Waals surface area contributed by atoms with E-state index >= 15 is 0 Å². The van der Waals surface area contributed by atoms with Crippen molar-refractivity contribution in [1.29, 1.82) is 0 Å². The molecule has 1 rings (SSSR count). The second-order valence-corrected chi connectivity index (χ2v) is 2.85. The van der Waals surface area contributed by atoms with Crippen molar-refractivity contribution >= 4 is 5.78 Å². The first-order chi connectivity index (χ1) is 5.24. The van der Waals surface area contributed by atoms with Crippen LogP contribution in [0.25, 0.3) is 0 Å². The molecule has 0 atom stereocenters. The molecule has 0 saturated carbocycles. The van der Waals surface area contributed by atoms with E-state index in [0.29, 0.717) is 0 Å². The molecule has 1 radical (unpaired) electrons. The number of nitrogens with zero attached hydrogens (tertiary/aromatic N) is 1. The molecule has 0 N–H and O–H groups in total. The summed E-state index contributed by atoms with van der Waals surface area (Å²) in [5.41, 5.74) is 0. The van der Waals surface area contributed by atoms with Gasteiger partial charge in [0.15, 0.2) is 0 Å². The minimum absolute atomic E-state index is 0.0701. The van der Waals surface area contributed by atoms with E-state index in [4.69, 9.17) is 4.84 Å². The SMILES string of the molecule is [CH2]C(=O)C1CCN(OC)CC1. The number of carbonyl (C=O) groups excluding carboxylic acids is 1. The van der Waals surface area contributed by atoms with Crippen LogP contribution in [0.3, 0.4) is 0 Å². The van der Waals surface area contributed by atoms with Crippen molar-refractivity contribution in [3.8, 4) is 0 Å². The van der Waals surface area contributed by atoms with Crippen LogP contribution in [0.1, 0.15) is 12.8 Å². The van der Waals surface area contributed by atoms with Crippen molar-refractivity contribution in [2.24, 2.45) is 5.92 Å². The maximum atomic E-state index is 10.8. The third-order valence-corrected chi connectivity index (χ3v) is 2.17. The summed E-state index contributed by atoms with van der Waals surface area (Å²) in [6, 6.07) is 0. The lowest BCUT2D eigenvalue weighted by atomic mass is 9.94. The van der Waals surface area contributed by atoms with Gasteiger partial charge >= 0.3 is 0 Å². The monoisotopic (exact) mass is 156 g/mol. The van der Waals surface area contributed by atoms with E-state index in [2.05, 4.69) is 6.92 Å². The van der Waals surface area contributed by atoms with Crippen LogP contribution in [0.4, 0.5) is 0 Å². The molecular formula is C8H14NO2. The zero-order valence-corrected chi connectivity index (χ0v) is 6.88. The van der Waals surface area contributed by atoms with E-state index in [9.17, 15) is 4.79 Å². The molecule has 11 heavy (non-hydrogen) atoms. The molecule has 1 saturated heterocycles. The van der Waals surface area contributed by atoms with E-state index in [1.54, 1.807) is 7.11 Å². The van der Waals surface area contributed by atoms with Gasteiger partial charge in [-0.2, -0.15) is 5.06 Å². The molecule has 63 valence electrons. The fourth-order valence-electron chi connectivity index (χ4n) is 1.36. The summed E-state index contributed by atoms with van der Waals surface area (Å²) in [6.45, 7) is 5.11. The molecule has 0 aromatic carbocycles. The summed E-state index contributed by atoms with van der Waals surface area (Å²) < 4.78 is 0. The minimum Gasteiger partial charge on any atom is -0.302 e. The van der Waals surface area contributed by atoms with Crippen molar-refractivity contribution in [3.05, 3.63) is 6.92 Å². The van der Waals surface area contributed by atoms with Crippen molar-refractivity contribution in [2.75, 3.05) is 20.2 Å². The van der Waals surface area contributed by atoms with Crippen LogP contribution < -0.4 is 0 Å². The van der Waals surface area contributed by atoms with Crippen molar-refractivity contribution in [2.45, 2.75) is 12.8 Å². The third-order valence-electron chi connectivity index (χ3n) is 2.17. The molecule has 3 nitrogen and oxygen atoms in total. The topological polar surface area (TPSA) is 29.5 Å². The zero-order valence-electron chi connectivity index (χ0n) is 6.88. The maximum Gasteiger partial charge on any atom is 0.136 e. The molecule has 0 amide bonds. The van der Waals surface area contributed by atoms with Crippen LogP contribution in [-0.2, 0) is 9.63 Å². The normalized spacial score (nSPS) is 22.0. The van der Waals surface area contributed by atoms with E-state index < -0.39 is 0 Å². The largest absolute Gasteiger partial charge is 0.302 e. The smallest absolute Gasteiger partial charge is 0.136 e. The molecule has 0 unspecified atom stereocenters. The zero-order chi connectivity index (χ0) is 8.27. The Balaban J connectivity index is 2.30. The average Bonchev–Trinajstić information content (AvgIpc) is 2.05. The molecule has 0 aromatic heterocycles. The highest BCUT2D eigenvalue weighted by Crippen LogP contribution is 2.17. The first-order valence-electron chi connectivity index (χ1n) is 3.89. The minimum atomic E-state index is 0.0701. The molecule has 0 bridgehead atoms. The van der Waals surface area contributed by atoms with E-state index in [1.165, 1.54) is 0 Å². The van der Waals surface area contributed by atoms with Gasteiger partial charge in [0.2, 0.25) is 0 Å². The van der Waals surface area contributed by atoms with Gasteiger partial charge in [-0.05, 0) is 12.8 Å². The highest BCUT2D eigenvalue weighted by Gasteiger charge is 2.21. The van der Waals surface area contributed by atoms with Gasteiger partial charge in [-0.3, -0.25) is 4.79 Å². The standard InChI is InChI=1S/C8H14NO2/c1-7(10)8-3-5-9(11-2)6-4-8/h8H,1,3-6H2,2H3. The summed E-state index contributed by atoms with van der Waals surface area (Å²) in [4.78, 5) is 15.8. The Kier molecular flexibility index (Phi) is 3.02. The molecule has 0 spiro atoms. The number of hydrogen-bond acceptors (Lipinski definition) is 3. The predicted octanol–water partition coefficient (Wildman–Crippen LogP) is 0.663. The molecule has 1 aliphatic heterocycles. The molecule has 1 fully saturated rings. The highest BCUT2D eigenvalue weighted by molar-refractivity contribution is 5.84. The van der Waals surface area contributed by atoms with Crippen molar-refractivity contribution < 1.29 is 9.63 Å². The summed E-state index contributed by atoms with van der Waals surface area (Å²) >= 11 is 0. The number of hydroxylamine groups is 2. The summed E-state index contributed by atoms with van der Waals surface area (Å²) in [5.74, 6) is 0.238. The van der Waals surface area contributed by atoms with E-state index in [-0.39, 0.29) is 11.7 Å². The Morgan fingerprint density at radius 2 is 2.09 bits per heavy atom. The van der Waals surface area contributed by atoms with E-state index in [1.807, 2.05) is 5.06 Å². The highest BCUT2D eigenvalue weighted by atomic mass is 16.7. The lowest BCUT2D eigenvalue weighted by molar-refractivity contribution is -0.152. The third kappa shape index (κ3) is 2.27. The van der Waals surface area contributed by atoms with Crippen LogP contribution in [0.5, 0.6) is 0 Å². The maximum absolute atomic E-state index is 10.8. The van der Waals surface area contributed by atoms with Crippen LogP contribution in [-0.4, -0.2) is 31.0 Å². The van der Waals surface area contributed by atoms with E-state index in [0.717, 1.165) is 25.9 Å². The van der Waals surface area contributed by atoms with Crippen LogP contribution >= 0.6 is 0 Å². The van der Waals surface area contributed by atoms with Gasteiger partial charge in [-0.1, -0.05) is 0 Å². The lowest BCUT2D eigenvalue weighted by Gasteiger charge is -2.28. The Morgan fingerprint density at radius 3 is 2.45 bits per heavy atom. The summed E-state index contributed by atoms with van der Waals surface area (Å²) in [5, 5.41) is 1.87. The summed E-state index contributed by atoms with van der Waals surface area (Å²) in [7, 11) is 1.66. The number of rotatable bonds is 2. The quantitative estimate of drug-likeness (QED) is 0.588. The molecular weight excluding hydrogens is 142 g/mol. The predicted molar refractivity (Wildman–Crippen MR) is 41.7 cm³/mol. The van der Waals surface area contributed by atoms with Crippen LogP contribution in [0.15, 0.2) is 0 Å². The van der Waals surface area contributed by atoms with Gasteiger partial charge in [-0.25, -0.2) is 0 Å². The Morgan fingerprint density at radius 1 is 1.55 bits per heavy atom.